The maximum absolute atomic E-state index is 6.01. The minimum absolute atomic E-state index is 0.522. The van der Waals surface area contributed by atoms with Crippen LogP contribution in [0.2, 0.25) is 0 Å². The molecule has 1 fully saturated rings. The van der Waals surface area contributed by atoms with Gasteiger partial charge in [-0.3, -0.25) is 0 Å². The van der Waals surface area contributed by atoms with Gasteiger partial charge in [0.05, 0.1) is 0 Å². The van der Waals surface area contributed by atoms with Crippen molar-refractivity contribution in [3.05, 3.63) is 0 Å². The molecule has 0 aromatic rings. The quantitative estimate of drug-likeness (QED) is 0.650. The number of hydrogen-bond acceptors (Lipinski definition) is 1. The molecule has 1 nitrogen and oxygen atoms in total. The predicted octanol–water partition coefficient (Wildman–Crippen LogP) is 2.94. The molecule has 2 unspecified atom stereocenters. The summed E-state index contributed by atoms with van der Waals surface area (Å²) in [5.74, 6) is 1.79. The van der Waals surface area contributed by atoms with Crippen molar-refractivity contribution < 1.29 is 0 Å². The van der Waals surface area contributed by atoms with E-state index in [1.165, 1.54) is 38.5 Å². The second-order valence-electron chi connectivity index (χ2n) is 4.45. The Morgan fingerprint density at radius 1 is 1.33 bits per heavy atom. The van der Waals surface area contributed by atoms with Gasteiger partial charge in [-0.05, 0) is 31.1 Å². The SMILES string of the molecule is CCC(C)CCCC(N)C1CC1. The van der Waals surface area contributed by atoms with Crippen molar-refractivity contribution in [1.29, 1.82) is 0 Å². The molecule has 0 spiro atoms. The third-order valence-electron chi connectivity index (χ3n) is 3.16. The Kier molecular flexibility index (Phi) is 4.07. The summed E-state index contributed by atoms with van der Waals surface area (Å²) in [6, 6.07) is 0.522. The molecule has 0 heterocycles. The van der Waals surface area contributed by atoms with Gasteiger partial charge in [-0.15, -0.1) is 0 Å². The molecule has 0 bridgehead atoms. The van der Waals surface area contributed by atoms with Crippen molar-refractivity contribution in [2.45, 2.75) is 58.4 Å². The summed E-state index contributed by atoms with van der Waals surface area (Å²) < 4.78 is 0. The maximum atomic E-state index is 6.01. The van der Waals surface area contributed by atoms with Crippen LogP contribution in [-0.2, 0) is 0 Å². The molecular formula is C11H23N. The fourth-order valence-electron chi connectivity index (χ4n) is 1.67. The van der Waals surface area contributed by atoms with Crippen molar-refractivity contribution >= 4 is 0 Å². The molecule has 1 rings (SSSR count). The van der Waals surface area contributed by atoms with E-state index in [-0.39, 0.29) is 0 Å². The van der Waals surface area contributed by atoms with Crippen molar-refractivity contribution in [3.8, 4) is 0 Å². The summed E-state index contributed by atoms with van der Waals surface area (Å²) in [6.07, 6.45) is 8.08. The molecule has 1 heteroatoms. The highest BCUT2D eigenvalue weighted by Crippen LogP contribution is 2.33. The summed E-state index contributed by atoms with van der Waals surface area (Å²) in [7, 11) is 0. The van der Waals surface area contributed by atoms with Gasteiger partial charge in [-0.2, -0.15) is 0 Å². The summed E-state index contributed by atoms with van der Waals surface area (Å²) in [6.45, 7) is 4.61. The predicted molar refractivity (Wildman–Crippen MR) is 54.0 cm³/mol. The normalized spacial score (nSPS) is 22.2. The zero-order valence-electron chi connectivity index (χ0n) is 8.55. The second kappa shape index (κ2) is 4.86. The Balaban J connectivity index is 1.93. The highest BCUT2D eigenvalue weighted by molar-refractivity contribution is 4.83. The van der Waals surface area contributed by atoms with E-state index in [1.807, 2.05) is 0 Å². The standard InChI is InChI=1S/C11H23N/c1-3-9(2)5-4-6-11(12)10-7-8-10/h9-11H,3-8,12H2,1-2H3. The molecule has 0 aromatic carbocycles. The van der Waals surface area contributed by atoms with Crippen molar-refractivity contribution in [3.63, 3.8) is 0 Å². The van der Waals surface area contributed by atoms with Crippen LogP contribution in [0.1, 0.15) is 52.4 Å². The zero-order chi connectivity index (χ0) is 8.97. The zero-order valence-corrected chi connectivity index (χ0v) is 8.55. The molecule has 1 saturated carbocycles. The Hall–Kier alpha value is -0.0400. The van der Waals surface area contributed by atoms with Gasteiger partial charge in [0.25, 0.3) is 0 Å². The molecule has 0 aliphatic heterocycles. The molecule has 0 saturated heterocycles. The van der Waals surface area contributed by atoms with Crippen LogP contribution in [0, 0.1) is 11.8 Å². The second-order valence-corrected chi connectivity index (χ2v) is 4.45. The number of rotatable bonds is 6. The van der Waals surface area contributed by atoms with Gasteiger partial charge in [0.1, 0.15) is 0 Å². The van der Waals surface area contributed by atoms with Crippen LogP contribution >= 0.6 is 0 Å². The first kappa shape index (κ1) is 10.0. The molecule has 0 radical (unpaired) electrons. The highest BCUT2D eigenvalue weighted by Gasteiger charge is 2.27. The first-order valence-electron chi connectivity index (χ1n) is 5.49. The van der Waals surface area contributed by atoms with Crippen molar-refractivity contribution in [1.82, 2.24) is 0 Å². The van der Waals surface area contributed by atoms with Gasteiger partial charge in [0, 0.05) is 6.04 Å². The average Bonchev–Trinajstić information content (AvgIpc) is 2.86. The van der Waals surface area contributed by atoms with E-state index in [1.54, 1.807) is 0 Å². The smallest absolute Gasteiger partial charge is 0.00671 e. The van der Waals surface area contributed by atoms with Gasteiger partial charge >= 0.3 is 0 Å². The minimum Gasteiger partial charge on any atom is -0.327 e. The molecule has 72 valence electrons. The Morgan fingerprint density at radius 3 is 2.50 bits per heavy atom. The van der Waals surface area contributed by atoms with E-state index in [0.717, 1.165) is 11.8 Å². The first-order chi connectivity index (χ1) is 5.74. The summed E-state index contributed by atoms with van der Waals surface area (Å²) in [5, 5.41) is 0. The van der Waals surface area contributed by atoms with Gasteiger partial charge in [-0.25, -0.2) is 0 Å². The first-order valence-corrected chi connectivity index (χ1v) is 5.49. The lowest BCUT2D eigenvalue weighted by Crippen LogP contribution is -2.22. The number of hydrogen-bond donors (Lipinski definition) is 1. The van der Waals surface area contributed by atoms with Gasteiger partial charge in [0.2, 0.25) is 0 Å². The van der Waals surface area contributed by atoms with E-state index in [4.69, 9.17) is 5.73 Å². The molecular weight excluding hydrogens is 146 g/mol. The molecule has 1 aliphatic carbocycles. The third kappa shape index (κ3) is 3.57. The van der Waals surface area contributed by atoms with Gasteiger partial charge in [0.15, 0.2) is 0 Å². The van der Waals surface area contributed by atoms with Crippen molar-refractivity contribution in [2.75, 3.05) is 0 Å². The minimum atomic E-state index is 0.522. The maximum Gasteiger partial charge on any atom is 0.00671 e. The Morgan fingerprint density at radius 2 is 2.00 bits per heavy atom. The van der Waals surface area contributed by atoms with E-state index < -0.39 is 0 Å². The Labute approximate surface area is 76.7 Å². The van der Waals surface area contributed by atoms with E-state index in [9.17, 15) is 0 Å². The fraction of sp³-hybridized carbons (Fsp3) is 1.00. The monoisotopic (exact) mass is 169 g/mol. The van der Waals surface area contributed by atoms with E-state index in [2.05, 4.69) is 13.8 Å². The van der Waals surface area contributed by atoms with E-state index in [0.29, 0.717) is 6.04 Å². The lowest BCUT2D eigenvalue weighted by molar-refractivity contribution is 0.445. The Bertz CT molecular complexity index is 118. The van der Waals surface area contributed by atoms with Crippen LogP contribution in [0.5, 0.6) is 0 Å². The van der Waals surface area contributed by atoms with E-state index >= 15 is 0 Å². The van der Waals surface area contributed by atoms with Gasteiger partial charge < -0.3 is 5.73 Å². The topological polar surface area (TPSA) is 26.0 Å². The van der Waals surface area contributed by atoms with Gasteiger partial charge in [-0.1, -0.05) is 33.1 Å². The summed E-state index contributed by atoms with van der Waals surface area (Å²) in [5.41, 5.74) is 6.01. The van der Waals surface area contributed by atoms with Crippen LogP contribution in [0.15, 0.2) is 0 Å². The molecule has 2 N–H and O–H groups in total. The molecule has 12 heavy (non-hydrogen) atoms. The van der Waals surface area contributed by atoms with Crippen molar-refractivity contribution in [2.24, 2.45) is 17.6 Å². The van der Waals surface area contributed by atoms with Crippen LogP contribution < -0.4 is 5.73 Å². The van der Waals surface area contributed by atoms with Crippen LogP contribution in [0.3, 0.4) is 0 Å². The third-order valence-corrected chi connectivity index (χ3v) is 3.16. The highest BCUT2D eigenvalue weighted by atomic mass is 14.7. The molecule has 2 atom stereocenters. The molecule has 0 aromatic heterocycles. The lowest BCUT2D eigenvalue weighted by atomic mass is 9.98. The summed E-state index contributed by atoms with van der Waals surface area (Å²) in [4.78, 5) is 0. The summed E-state index contributed by atoms with van der Waals surface area (Å²) >= 11 is 0. The molecule has 1 aliphatic rings. The average molecular weight is 169 g/mol. The van der Waals surface area contributed by atoms with Crippen LogP contribution in [0.25, 0.3) is 0 Å². The fourth-order valence-corrected chi connectivity index (χ4v) is 1.67. The molecule has 0 amide bonds. The lowest BCUT2D eigenvalue weighted by Gasteiger charge is -2.12. The largest absolute Gasteiger partial charge is 0.327 e. The van der Waals surface area contributed by atoms with Crippen LogP contribution in [-0.4, -0.2) is 6.04 Å². The van der Waals surface area contributed by atoms with Crippen LogP contribution in [0.4, 0.5) is 0 Å². The number of nitrogens with two attached hydrogens (primary N) is 1.